The molecule has 1 aliphatic carbocycles. The van der Waals surface area contributed by atoms with Crippen LogP contribution in [0.25, 0.3) is 0 Å². The Morgan fingerprint density at radius 3 is 2.95 bits per heavy atom. The summed E-state index contributed by atoms with van der Waals surface area (Å²) in [5.74, 6) is -0.328. The van der Waals surface area contributed by atoms with E-state index in [1.165, 1.54) is 31.9 Å². The van der Waals surface area contributed by atoms with Crippen LogP contribution in [0.2, 0.25) is 0 Å². The van der Waals surface area contributed by atoms with Crippen LogP contribution in [-0.2, 0) is 16.0 Å². The molecule has 1 N–H and O–H groups in total. The molecule has 0 unspecified atom stereocenters. The molecular formula is C13H14N2O5S. The number of carbonyl (C=O) groups excluding carboxylic acids is 3. The molecule has 1 aliphatic rings. The number of ketones is 1. The molecule has 2 rings (SSSR count). The van der Waals surface area contributed by atoms with E-state index in [2.05, 4.69) is 15.2 Å². The third-order valence-corrected chi connectivity index (χ3v) is 3.84. The Kier molecular flexibility index (Phi) is 4.79. The molecule has 0 radical (unpaired) electrons. The fourth-order valence-corrected chi connectivity index (χ4v) is 2.77. The molecular weight excluding hydrogens is 296 g/mol. The van der Waals surface area contributed by atoms with Crippen LogP contribution in [0, 0.1) is 0 Å². The highest BCUT2D eigenvalue weighted by Gasteiger charge is 2.30. The lowest BCUT2D eigenvalue weighted by Crippen LogP contribution is -2.22. The van der Waals surface area contributed by atoms with Gasteiger partial charge >= 0.3 is 5.97 Å². The second-order valence-corrected chi connectivity index (χ2v) is 5.53. The first-order valence-electron chi connectivity index (χ1n) is 6.22. The van der Waals surface area contributed by atoms with Crippen LogP contribution in [0.1, 0.15) is 33.5 Å². The van der Waals surface area contributed by atoms with Gasteiger partial charge < -0.3 is 14.6 Å². The summed E-state index contributed by atoms with van der Waals surface area (Å²) in [6.45, 7) is 1.95. The molecule has 0 aromatic carbocycles. The van der Waals surface area contributed by atoms with Crippen molar-refractivity contribution in [1.82, 2.24) is 10.5 Å². The molecule has 112 valence electrons. The predicted octanol–water partition coefficient (Wildman–Crippen LogP) is 0.953. The third kappa shape index (κ3) is 3.52. The summed E-state index contributed by atoms with van der Waals surface area (Å²) in [6, 6.07) is 0. The van der Waals surface area contributed by atoms with Gasteiger partial charge in [0.05, 0.1) is 7.11 Å². The van der Waals surface area contributed by atoms with E-state index in [0.29, 0.717) is 24.3 Å². The second kappa shape index (κ2) is 6.57. The van der Waals surface area contributed by atoms with Gasteiger partial charge in [0.1, 0.15) is 0 Å². The van der Waals surface area contributed by atoms with Crippen molar-refractivity contribution in [2.75, 3.05) is 19.4 Å². The lowest BCUT2D eigenvalue weighted by molar-refractivity contribution is -0.118. The number of rotatable bonds is 5. The van der Waals surface area contributed by atoms with E-state index >= 15 is 0 Å². The normalized spacial score (nSPS) is 13.4. The smallest absolute Gasteiger partial charge is 0.360 e. The number of nitrogens with one attached hydrogen (secondary N) is 1. The molecule has 0 saturated carbocycles. The standard InChI is InChI=1S/C13H14N2O5S/c1-7(16)14-3-4-21-8-5-9-11(13(18)19-2)15-20-12(9)10(17)6-8/h6H,3-5H2,1-2H3,(H,14,16). The number of thioether (sulfide) groups is 1. The Morgan fingerprint density at radius 1 is 1.52 bits per heavy atom. The number of methoxy groups -OCH3 is 1. The minimum atomic E-state index is -0.628. The molecule has 0 spiro atoms. The van der Waals surface area contributed by atoms with Crippen molar-refractivity contribution in [2.45, 2.75) is 13.3 Å². The number of fused-ring (bicyclic) bond motifs is 1. The minimum absolute atomic E-state index is 0.0360. The van der Waals surface area contributed by atoms with Gasteiger partial charge in [0.2, 0.25) is 17.5 Å². The van der Waals surface area contributed by atoms with E-state index in [1.54, 1.807) is 0 Å². The van der Waals surface area contributed by atoms with Crippen molar-refractivity contribution >= 4 is 29.4 Å². The number of hydrogen-bond acceptors (Lipinski definition) is 7. The van der Waals surface area contributed by atoms with E-state index in [0.717, 1.165) is 4.91 Å². The molecule has 1 aromatic rings. The monoisotopic (exact) mass is 310 g/mol. The molecule has 0 bridgehead atoms. The van der Waals surface area contributed by atoms with Crippen molar-refractivity contribution in [2.24, 2.45) is 0 Å². The summed E-state index contributed by atoms with van der Waals surface area (Å²) in [5, 5.41) is 6.28. The number of esters is 1. The van der Waals surface area contributed by atoms with Crippen molar-refractivity contribution in [3.63, 3.8) is 0 Å². The van der Waals surface area contributed by atoms with Crippen LogP contribution < -0.4 is 5.32 Å². The molecule has 0 atom stereocenters. The van der Waals surface area contributed by atoms with Gasteiger partial charge in [-0.05, 0) is 11.0 Å². The van der Waals surface area contributed by atoms with E-state index in [4.69, 9.17) is 4.52 Å². The molecule has 0 aliphatic heterocycles. The van der Waals surface area contributed by atoms with Gasteiger partial charge in [0.15, 0.2) is 5.69 Å². The van der Waals surface area contributed by atoms with E-state index in [1.807, 2.05) is 0 Å². The molecule has 0 fully saturated rings. The van der Waals surface area contributed by atoms with Gasteiger partial charge in [-0.2, -0.15) is 0 Å². The van der Waals surface area contributed by atoms with Crippen LogP contribution in [0.15, 0.2) is 15.5 Å². The Labute approximate surface area is 125 Å². The second-order valence-electron chi connectivity index (χ2n) is 4.31. The van der Waals surface area contributed by atoms with Gasteiger partial charge in [-0.25, -0.2) is 4.79 Å². The number of allylic oxidation sites excluding steroid dienone is 2. The first-order valence-corrected chi connectivity index (χ1v) is 7.20. The highest BCUT2D eigenvalue weighted by Crippen LogP contribution is 2.30. The van der Waals surface area contributed by atoms with Gasteiger partial charge in [-0.1, -0.05) is 5.16 Å². The molecule has 8 heteroatoms. The largest absolute Gasteiger partial charge is 0.464 e. The number of carbonyl (C=O) groups is 3. The zero-order valence-electron chi connectivity index (χ0n) is 11.6. The molecule has 21 heavy (non-hydrogen) atoms. The SMILES string of the molecule is COC(=O)c1noc2c1CC(SCCNC(C)=O)=CC2=O. The Hall–Kier alpha value is -2.09. The van der Waals surface area contributed by atoms with E-state index in [9.17, 15) is 14.4 Å². The zero-order valence-corrected chi connectivity index (χ0v) is 12.4. The van der Waals surface area contributed by atoms with Gasteiger partial charge in [-0.15, -0.1) is 11.8 Å². The maximum Gasteiger partial charge on any atom is 0.360 e. The minimum Gasteiger partial charge on any atom is -0.464 e. The van der Waals surface area contributed by atoms with Gasteiger partial charge in [-0.3, -0.25) is 9.59 Å². The number of nitrogens with zero attached hydrogens (tertiary/aromatic N) is 1. The fourth-order valence-electron chi connectivity index (χ4n) is 1.86. The number of ether oxygens (including phenoxy) is 1. The van der Waals surface area contributed by atoms with Crippen LogP contribution in [0.4, 0.5) is 0 Å². The average molecular weight is 310 g/mol. The topological polar surface area (TPSA) is 98.5 Å². The van der Waals surface area contributed by atoms with E-state index < -0.39 is 5.97 Å². The van der Waals surface area contributed by atoms with E-state index in [-0.39, 0.29) is 23.1 Å². The number of aromatic nitrogens is 1. The summed E-state index contributed by atoms with van der Waals surface area (Å²) in [4.78, 5) is 35.0. The fraction of sp³-hybridized carbons (Fsp3) is 0.385. The Balaban J connectivity index is 2.05. The molecule has 0 saturated heterocycles. The maximum atomic E-state index is 11.9. The molecule has 1 aromatic heterocycles. The summed E-state index contributed by atoms with van der Waals surface area (Å²) in [7, 11) is 1.24. The van der Waals surface area contributed by atoms with Gasteiger partial charge in [0, 0.05) is 31.2 Å². The highest BCUT2D eigenvalue weighted by atomic mass is 32.2. The van der Waals surface area contributed by atoms with Crippen LogP contribution in [-0.4, -0.2) is 42.2 Å². The maximum absolute atomic E-state index is 11.9. The lowest BCUT2D eigenvalue weighted by Gasteiger charge is -2.11. The predicted molar refractivity (Wildman–Crippen MR) is 75.1 cm³/mol. The summed E-state index contributed by atoms with van der Waals surface area (Å²) in [5.41, 5.74) is 0.491. The van der Waals surface area contributed by atoms with Crippen molar-refractivity contribution in [1.29, 1.82) is 0 Å². The lowest BCUT2D eigenvalue weighted by atomic mass is 10.0. The van der Waals surface area contributed by atoms with Crippen LogP contribution in [0.5, 0.6) is 0 Å². The average Bonchev–Trinajstić information content (AvgIpc) is 2.87. The molecule has 1 heterocycles. The number of amides is 1. The zero-order chi connectivity index (χ0) is 15.4. The van der Waals surface area contributed by atoms with Gasteiger partial charge in [0.25, 0.3) is 0 Å². The molecule has 7 nitrogen and oxygen atoms in total. The number of hydrogen-bond donors (Lipinski definition) is 1. The van der Waals surface area contributed by atoms with Crippen molar-refractivity contribution in [3.8, 4) is 0 Å². The first kappa shape index (κ1) is 15.3. The summed E-state index contributed by atoms with van der Waals surface area (Å²) < 4.78 is 9.53. The molecule has 1 amide bonds. The van der Waals surface area contributed by atoms with Crippen molar-refractivity contribution < 1.29 is 23.6 Å². The van der Waals surface area contributed by atoms with Crippen LogP contribution in [0.3, 0.4) is 0 Å². The van der Waals surface area contributed by atoms with Crippen molar-refractivity contribution in [3.05, 3.63) is 28.0 Å². The quantitative estimate of drug-likeness (QED) is 0.638. The Bertz CT molecular complexity index is 620. The highest BCUT2D eigenvalue weighted by molar-refractivity contribution is 8.03. The Morgan fingerprint density at radius 2 is 2.29 bits per heavy atom. The summed E-state index contributed by atoms with van der Waals surface area (Å²) >= 11 is 1.44. The summed E-state index contributed by atoms with van der Waals surface area (Å²) in [6.07, 6.45) is 1.85. The first-order chi connectivity index (χ1) is 10.0. The van der Waals surface area contributed by atoms with Crippen LogP contribution >= 0.6 is 11.8 Å². The third-order valence-electron chi connectivity index (χ3n) is 2.80.